The van der Waals surface area contributed by atoms with Crippen LogP contribution >= 0.6 is 11.6 Å². The number of carbonyl (C=O) groups is 2. The Morgan fingerprint density at radius 3 is 2.56 bits per heavy atom. The summed E-state index contributed by atoms with van der Waals surface area (Å²) in [5, 5.41) is 2.78. The molecule has 1 N–H and O–H groups in total. The fraction of sp³-hybridized carbons (Fsp3) is 0.364. The van der Waals surface area contributed by atoms with E-state index in [1.54, 1.807) is 19.1 Å². The van der Waals surface area contributed by atoms with Crippen LogP contribution in [-0.4, -0.2) is 44.2 Å². The summed E-state index contributed by atoms with van der Waals surface area (Å²) in [5.74, 6) is -1.76. The number of aryl methyl sites for hydroxylation is 1. The van der Waals surface area contributed by atoms with Gasteiger partial charge in [-0.25, -0.2) is 12.8 Å². The zero-order valence-corrected chi connectivity index (χ0v) is 19.0. The second-order valence-corrected chi connectivity index (χ2v) is 10.4. The van der Waals surface area contributed by atoms with Gasteiger partial charge in [0.15, 0.2) is 0 Å². The highest BCUT2D eigenvalue weighted by Gasteiger charge is 2.36. The van der Waals surface area contributed by atoms with Gasteiger partial charge in [0.1, 0.15) is 10.7 Å². The van der Waals surface area contributed by atoms with Crippen LogP contribution < -0.4 is 10.2 Å². The highest BCUT2D eigenvalue weighted by Crippen LogP contribution is 2.31. The van der Waals surface area contributed by atoms with Crippen LogP contribution in [0.25, 0.3) is 0 Å². The molecule has 2 fully saturated rings. The lowest BCUT2D eigenvalue weighted by atomic mass is 10.1. The fourth-order valence-corrected chi connectivity index (χ4v) is 5.99. The van der Waals surface area contributed by atoms with Gasteiger partial charge in [-0.3, -0.25) is 9.59 Å². The van der Waals surface area contributed by atoms with Crippen molar-refractivity contribution in [1.82, 2.24) is 4.31 Å². The number of halogens is 2. The SMILES string of the molecule is Cc1ccc(N2CC(C(=O)Nc3ccc(Cl)c(S(=O)(=O)N4CCCC4)c3)CC2=O)cc1F. The predicted molar refractivity (Wildman–Crippen MR) is 120 cm³/mol. The minimum absolute atomic E-state index is 0.0200. The molecule has 2 saturated heterocycles. The van der Waals surface area contributed by atoms with Crippen LogP contribution in [0.15, 0.2) is 41.3 Å². The van der Waals surface area contributed by atoms with Crippen molar-refractivity contribution in [3.63, 3.8) is 0 Å². The van der Waals surface area contributed by atoms with Gasteiger partial charge in [0.25, 0.3) is 0 Å². The van der Waals surface area contributed by atoms with E-state index in [0.717, 1.165) is 12.8 Å². The van der Waals surface area contributed by atoms with E-state index >= 15 is 0 Å². The number of carbonyl (C=O) groups excluding carboxylic acids is 2. The summed E-state index contributed by atoms with van der Waals surface area (Å²) < 4.78 is 41.1. The molecule has 0 saturated carbocycles. The summed E-state index contributed by atoms with van der Waals surface area (Å²) >= 11 is 6.15. The Bertz CT molecular complexity index is 1180. The van der Waals surface area contributed by atoms with Crippen LogP contribution in [0, 0.1) is 18.7 Å². The van der Waals surface area contributed by atoms with Crippen molar-refractivity contribution in [3.8, 4) is 0 Å². The lowest BCUT2D eigenvalue weighted by molar-refractivity contribution is -0.122. The van der Waals surface area contributed by atoms with E-state index in [1.165, 1.54) is 33.5 Å². The molecule has 0 aliphatic carbocycles. The van der Waals surface area contributed by atoms with Gasteiger partial charge >= 0.3 is 0 Å². The minimum Gasteiger partial charge on any atom is -0.326 e. The number of nitrogens with one attached hydrogen (secondary N) is 1. The van der Waals surface area contributed by atoms with Gasteiger partial charge in [-0.15, -0.1) is 0 Å². The Morgan fingerprint density at radius 2 is 1.88 bits per heavy atom. The summed E-state index contributed by atoms with van der Waals surface area (Å²) in [6.07, 6.45) is 1.57. The molecule has 2 aliphatic rings. The standard InChI is InChI=1S/C22H23ClFN3O4S/c1-14-4-6-17(12-19(14)24)27-13-15(10-21(27)28)22(29)25-16-5-7-18(23)20(11-16)32(30,31)26-8-2-3-9-26/h4-7,11-12,15H,2-3,8-10,13H2,1H3,(H,25,29). The molecule has 2 heterocycles. The Hall–Kier alpha value is -2.49. The number of nitrogens with zero attached hydrogens (tertiary/aromatic N) is 2. The van der Waals surface area contributed by atoms with Crippen molar-refractivity contribution in [2.75, 3.05) is 29.9 Å². The molecule has 0 bridgehead atoms. The Kier molecular flexibility index (Phi) is 6.24. The van der Waals surface area contributed by atoms with Crippen molar-refractivity contribution in [2.45, 2.75) is 31.1 Å². The average molecular weight is 480 g/mol. The van der Waals surface area contributed by atoms with E-state index in [-0.39, 0.29) is 34.5 Å². The fourth-order valence-electron chi connectivity index (χ4n) is 3.97. The van der Waals surface area contributed by atoms with E-state index in [0.29, 0.717) is 24.3 Å². The smallest absolute Gasteiger partial charge is 0.244 e. The summed E-state index contributed by atoms with van der Waals surface area (Å²) in [5.41, 5.74) is 1.15. The highest BCUT2D eigenvalue weighted by atomic mass is 35.5. The number of amides is 2. The van der Waals surface area contributed by atoms with Crippen LogP contribution in [0.4, 0.5) is 15.8 Å². The van der Waals surface area contributed by atoms with Gasteiger partial charge in [-0.2, -0.15) is 4.31 Å². The first kappa shape index (κ1) is 22.7. The van der Waals surface area contributed by atoms with Crippen molar-refractivity contribution in [3.05, 3.63) is 52.8 Å². The molecule has 2 amide bonds. The maximum absolute atomic E-state index is 13.9. The van der Waals surface area contributed by atoms with Crippen LogP contribution in [0.1, 0.15) is 24.8 Å². The predicted octanol–water partition coefficient (Wildman–Crippen LogP) is 3.56. The first-order valence-electron chi connectivity index (χ1n) is 10.3. The van der Waals surface area contributed by atoms with E-state index in [4.69, 9.17) is 11.6 Å². The van der Waals surface area contributed by atoms with Crippen LogP contribution in [0.5, 0.6) is 0 Å². The zero-order valence-electron chi connectivity index (χ0n) is 17.5. The van der Waals surface area contributed by atoms with E-state index in [9.17, 15) is 22.4 Å². The molecule has 1 atom stereocenters. The second kappa shape index (κ2) is 8.80. The van der Waals surface area contributed by atoms with Crippen LogP contribution in [-0.2, 0) is 19.6 Å². The minimum atomic E-state index is -3.76. The lowest BCUT2D eigenvalue weighted by Gasteiger charge is -2.18. The maximum Gasteiger partial charge on any atom is 0.244 e. The summed E-state index contributed by atoms with van der Waals surface area (Å²) in [4.78, 5) is 26.6. The molecular weight excluding hydrogens is 457 g/mol. The van der Waals surface area contributed by atoms with Crippen molar-refractivity contribution >= 4 is 44.8 Å². The third-order valence-electron chi connectivity index (χ3n) is 5.84. The number of hydrogen-bond donors (Lipinski definition) is 1. The molecule has 10 heteroatoms. The molecule has 32 heavy (non-hydrogen) atoms. The van der Waals surface area contributed by atoms with Gasteiger partial charge < -0.3 is 10.2 Å². The monoisotopic (exact) mass is 479 g/mol. The van der Waals surface area contributed by atoms with Gasteiger partial charge in [0, 0.05) is 37.4 Å². The second-order valence-electron chi connectivity index (χ2n) is 8.08. The van der Waals surface area contributed by atoms with Crippen molar-refractivity contribution in [1.29, 1.82) is 0 Å². The molecule has 2 aromatic carbocycles. The quantitative estimate of drug-likeness (QED) is 0.710. The number of rotatable bonds is 5. The highest BCUT2D eigenvalue weighted by molar-refractivity contribution is 7.89. The molecule has 2 aliphatic heterocycles. The Labute approximate surface area is 191 Å². The Morgan fingerprint density at radius 1 is 1.16 bits per heavy atom. The van der Waals surface area contributed by atoms with Gasteiger partial charge in [-0.05, 0) is 55.7 Å². The van der Waals surface area contributed by atoms with Gasteiger partial charge in [0.05, 0.1) is 10.9 Å². The number of benzene rings is 2. The molecule has 4 rings (SSSR count). The topological polar surface area (TPSA) is 86.8 Å². The molecule has 0 spiro atoms. The summed E-state index contributed by atoms with van der Waals surface area (Å²) in [6, 6.07) is 8.81. The third kappa shape index (κ3) is 4.37. The normalized spacial score (nSPS) is 19.5. The Balaban J connectivity index is 1.49. The number of hydrogen-bond acceptors (Lipinski definition) is 4. The average Bonchev–Trinajstić information content (AvgIpc) is 3.42. The summed E-state index contributed by atoms with van der Waals surface area (Å²) in [7, 11) is -3.76. The van der Waals surface area contributed by atoms with Crippen LogP contribution in [0.2, 0.25) is 5.02 Å². The largest absolute Gasteiger partial charge is 0.326 e. The molecule has 7 nitrogen and oxygen atoms in total. The van der Waals surface area contributed by atoms with Crippen LogP contribution in [0.3, 0.4) is 0 Å². The van der Waals surface area contributed by atoms with Crippen molar-refractivity contribution < 1.29 is 22.4 Å². The van der Waals surface area contributed by atoms with Gasteiger partial charge in [0.2, 0.25) is 21.8 Å². The zero-order chi connectivity index (χ0) is 23.0. The van der Waals surface area contributed by atoms with Gasteiger partial charge in [-0.1, -0.05) is 17.7 Å². The number of anilines is 2. The van der Waals surface area contributed by atoms with E-state index in [1.807, 2.05) is 0 Å². The van der Waals surface area contributed by atoms with Crippen molar-refractivity contribution in [2.24, 2.45) is 5.92 Å². The molecular formula is C22H23ClFN3O4S. The molecule has 2 aromatic rings. The molecule has 0 aromatic heterocycles. The number of sulfonamides is 1. The first-order valence-corrected chi connectivity index (χ1v) is 12.2. The molecule has 0 radical (unpaired) electrons. The first-order chi connectivity index (χ1) is 15.2. The molecule has 1 unspecified atom stereocenters. The van der Waals surface area contributed by atoms with E-state index < -0.39 is 27.7 Å². The lowest BCUT2D eigenvalue weighted by Crippen LogP contribution is -2.29. The third-order valence-corrected chi connectivity index (χ3v) is 8.22. The maximum atomic E-state index is 13.9. The summed E-state index contributed by atoms with van der Waals surface area (Å²) in [6.45, 7) is 2.62. The molecule has 170 valence electrons. The van der Waals surface area contributed by atoms with E-state index in [2.05, 4.69) is 5.32 Å².